The summed E-state index contributed by atoms with van der Waals surface area (Å²) in [7, 11) is 0. The van der Waals surface area contributed by atoms with Crippen molar-refractivity contribution in [3.63, 3.8) is 0 Å². The minimum Gasteiger partial charge on any atom is -0.618 e. The Morgan fingerprint density at radius 3 is 2.39 bits per heavy atom. The SMILES string of the molecule is C[C@H]1[C@@H](CSc2cccc[n+]2[O-])O[C@@H](c2cccc(-c3cccc(CNC(=O)CCCC(=O)O)c3)c2)O[C@H]1c1ccc(CO)cc1. The summed E-state index contributed by atoms with van der Waals surface area (Å²) in [5.74, 6) is -0.554. The van der Waals surface area contributed by atoms with E-state index in [4.69, 9.17) is 14.6 Å². The topological polar surface area (TPSA) is 132 Å². The lowest BCUT2D eigenvalue weighted by Crippen LogP contribution is -2.39. The van der Waals surface area contributed by atoms with E-state index in [0.29, 0.717) is 23.7 Å². The lowest BCUT2D eigenvalue weighted by Gasteiger charge is -2.41. The molecule has 0 saturated carbocycles. The van der Waals surface area contributed by atoms with Crippen LogP contribution in [0.15, 0.2) is 102 Å². The number of aromatic nitrogens is 1. The van der Waals surface area contributed by atoms with Crippen molar-refractivity contribution in [3.05, 3.63) is 125 Å². The van der Waals surface area contributed by atoms with Gasteiger partial charge in [0.2, 0.25) is 5.91 Å². The summed E-state index contributed by atoms with van der Waals surface area (Å²) in [6.45, 7) is 2.40. The van der Waals surface area contributed by atoms with E-state index < -0.39 is 12.3 Å². The molecule has 1 aliphatic rings. The standard InChI is InChI=1S/C36H38N2O7S/c1-24-31(23-46-33-12-2-3-18-38(33)43)44-36(45-35(24)27-16-14-25(22-39)15-17-27)30-10-5-9-29(20-30)28-8-4-7-26(19-28)21-37-32(40)11-6-13-34(41)42/h2-5,7-10,12,14-20,24,31,35-36,39H,6,11,13,21-23H2,1H3,(H,37,40)(H,41,42)/t24-,31+,35+,36+/m0/s1. The number of carbonyl (C=O) groups excluding carboxylic acids is 1. The first-order valence-electron chi connectivity index (χ1n) is 15.3. The summed E-state index contributed by atoms with van der Waals surface area (Å²) in [5, 5.41) is 34.1. The number of hydrogen-bond donors (Lipinski definition) is 3. The molecule has 0 unspecified atom stereocenters. The van der Waals surface area contributed by atoms with E-state index in [2.05, 4.69) is 12.2 Å². The van der Waals surface area contributed by atoms with Gasteiger partial charge in [-0.1, -0.05) is 79.3 Å². The summed E-state index contributed by atoms with van der Waals surface area (Å²) in [6.07, 6.45) is 0.765. The molecule has 3 N–H and O–H groups in total. The normalized spacial score (nSPS) is 19.4. The van der Waals surface area contributed by atoms with Crippen LogP contribution in [0.2, 0.25) is 0 Å². The van der Waals surface area contributed by atoms with Gasteiger partial charge in [-0.3, -0.25) is 9.59 Å². The number of ether oxygens (including phenoxy) is 2. The van der Waals surface area contributed by atoms with E-state index in [-0.39, 0.29) is 43.5 Å². The molecule has 0 radical (unpaired) electrons. The van der Waals surface area contributed by atoms with Gasteiger partial charge < -0.3 is 30.2 Å². The number of nitrogens with one attached hydrogen (secondary N) is 1. The Morgan fingerprint density at radius 2 is 1.65 bits per heavy atom. The maximum absolute atomic E-state index is 12.3. The molecule has 1 aliphatic heterocycles. The van der Waals surface area contributed by atoms with Crippen molar-refractivity contribution in [1.29, 1.82) is 0 Å². The number of carboxylic acids is 1. The molecule has 1 amide bonds. The number of benzene rings is 3. The van der Waals surface area contributed by atoms with Crippen LogP contribution in [0.1, 0.15) is 60.8 Å². The number of carboxylic acid groups (broad SMARTS) is 1. The average molecular weight is 643 g/mol. The van der Waals surface area contributed by atoms with Crippen molar-refractivity contribution in [2.24, 2.45) is 5.92 Å². The van der Waals surface area contributed by atoms with Gasteiger partial charge in [-0.2, -0.15) is 4.73 Å². The fourth-order valence-corrected chi connectivity index (χ4v) is 6.50. The summed E-state index contributed by atoms with van der Waals surface area (Å²) < 4.78 is 14.1. The van der Waals surface area contributed by atoms with Crippen molar-refractivity contribution < 1.29 is 34.0 Å². The van der Waals surface area contributed by atoms with Crippen molar-refractivity contribution in [3.8, 4) is 11.1 Å². The van der Waals surface area contributed by atoms with E-state index in [9.17, 15) is 19.9 Å². The summed E-state index contributed by atoms with van der Waals surface area (Å²) in [4.78, 5) is 22.9. The van der Waals surface area contributed by atoms with Crippen LogP contribution in [0, 0.1) is 11.1 Å². The maximum atomic E-state index is 12.3. The molecule has 1 aromatic heterocycles. The molecule has 1 saturated heterocycles. The Hall–Kier alpha value is -4.22. The van der Waals surface area contributed by atoms with Gasteiger partial charge in [0.15, 0.2) is 12.5 Å². The van der Waals surface area contributed by atoms with E-state index in [1.165, 1.54) is 18.0 Å². The van der Waals surface area contributed by atoms with Crippen molar-refractivity contribution >= 4 is 23.6 Å². The quantitative estimate of drug-likeness (QED) is 0.0929. The van der Waals surface area contributed by atoms with Crippen molar-refractivity contribution in [2.75, 3.05) is 5.75 Å². The smallest absolute Gasteiger partial charge is 0.303 e. The monoisotopic (exact) mass is 642 g/mol. The van der Waals surface area contributed by atoms with Gasteiger partial charge >= 0.3 is 5.97 Å². The van der Waals surface area contributed by atoms with Gasteiger partial charge in [0.25, 0.3) is 5.03 Å². The Bertz CT molecular complexity index is 1630. The molecule has 0 spiro atoms. The van der Waals surface area contributed by atoms with Crippen molar-refractivity contribution in [2.45, 2.75) is 62.9 Å². The third-order valence-corrected chi connectivity index (χ3v) is 9.12. The minimum absolute atomic E-state index is 0.0215. The van der Waals surface area contributed by atoms with Crippen LogP contribution < -0.4 is 10.0 Å². The molecule has 240 valence electrons. The summed E-state index contributed by atoms with van der Waals surface area (Å²) in [6, 6.07) is 29.0. The van der Waals surface area contributed by atoms with Crippen molar-refractivity contribution in [1.82, 2.24) is 5.32 Å². The molecule has 5 rings (SSSR count). The fourth-order valence-electron chi connectivity index (χ4n) is 5.42. The van der Waals surface area contributed by atoms with E-state index in [1.807, 2.05) is 78.9 Å². The third kappa shape index (κ3) is 8.73. The number of aliphatic carboxylic acids is 1. The number of aliphatic hydroxyl groups is 1. The van der Waals surface area contributed by atoms with Crippen LogP contribution >= 0.6 is 11.8 Å². The molecule has 0 aliphatic carbocycles. The van der Waals surface area contributed by atoms with Gasteiger partial charge in [0.05, 0.1) is 18.8 Å². The second-order valence-electron chi connectivity index (χ2n) is 11.3. The van der Waals surface area contributed by atoms with E-state index in [1.54, 1.807) is 12.1 Å². The van der Waals surface area contributed by atoms with Crippen LogP contribution in [0.25, 0.3) is 11.1 Å². The fraction of sp³-hybridized carbons (Fsp3) is 0.306. The highest BCUT2D eigenvalue weighted by Gasteiger charge is 2.38. The second kappa shape index (κ2) is 15.9. The molecule has 46 heavy (non-hydrogen) atoms. The molecule has 0 bridgehead atoms. The highest BCUT2D eigenvalue weighted by molar-refractivity contribution is 7.99. The molecule has 3 aromatic carbocycles. The highest BCUT2D eigenvalue weighted by atomic mass is 32.2. The lowest BCUT2D eigenvalue weighted by molar-refractivity contribution is -0.645. The number of aliphatic hydroxyl groups excluding tert-OH is 1. The predicted molar refractivity (Wildman–Crippen MR) is 174 cm³/mol. The van der Waals surface area contributed by atoms with E-state index in [0.717, 1.165) is 38.1 Å². The first-order chi connectivity index (χ1) is 22.3. The maximum Gasteiger partial charge on any atom is 0.303 e. The summed E-state index contributed by atoms with van der Waals surface area (Å²) >= 11 is 1.45. The number of amides is 1. The van der Waals surface area contributed by atoms with Gasteiger partial charge in [0.1, 0.15) is 0 Å². The molecule has 1 fully saturated rings. The average Bonchev–Trinajstić information content (AvgIpc) is 3.07. The number of rotatable bonds is 13. The summed E-state index contributed by atoms with van der Waals surface area (Å²) in [5.41, 5.74) is 5.52. The third-order valence-electron chi connectivity index (χ3n) is 8.01. The molecular formula is C36H38N2O7S. The second-order valence-corrected chi connectivity index (χ2v) is 12.4. The number of hydrogen-bond acceptors (Lipinski definition) is 7. The van der Waals surface area contributed by atoms with Crippen LogP contribution in [0.3, 0.4) is 0 Å². The number of thioether (sulfide) groups is 1. The number of pyridine rings is 1. The zero-order valence-corrected chi connectivity index (χ0v) is 26.4. The first-order valence-corrected chi connectivity index (χ1v) is 16.3. The lowest BCUT2D eigenvalue weighted by atomic mass is 9.91. The van der Waals surface area contributed by atoms with Crippen LogP contribution in [0.5, 0.6) is 0 Å². The molecule has 10 heteroatoms. The predicted octanol–water partition coefficient (Wildman–Crippen LogP) is 5.93. The van der Waals surface area contributed by atoms with E-state index >= 15 is 0 Å². The van der Waals surface area contributed by atoms with Gasteiger partial charge in [-0.25, -0.2) is 0 Å². The highest BCUT2D eigenvalue weighted by Crippen LogP contribution is 2.43. The Labute approximate surface area is 272 Å². The molecular weight excluding hydrogens is 604 g/mol. The number of carbonyl (C=O) groups is 2. The Kier molecular flexibility index (Phi) is 11.4. The Morgan fingerprint density at radius 1 is 0.891 bits per heavy atom. The zero-order chi connectivity index (χ0) is 32.5. The Balaban J connectivity index is 1.34. The first kappa shape index (κ1) is 33.2. The molecule has 4 atom stereocenters. The van der Waals surface area contributed by atoms with Gasteiger partial charge in [0, 0.05) is 48.8 Å². The van der Waals surface area contributed by atoms with Gasteiger partial charge in [-0.15, -0.1) is 0 Å². The molecule has 4 aromatic rings. The number of nitrogens with zero attached hydrogens (tertiary/aromatic N) is 1. The molecule has 9 nitrogen and oxygen atoms in total. The van der Waals surface area contributed by atoms with Crippen LogP contribution in [0.4, 0.5) is 0 Å². The zero-order valence-electron chi connectivity index (χ0n) is 25.6. The van der Waals surface area contributed by atoms with Crippen LogP contribution in [-0.4, -0.2) is 33.9 Å². The van der Waals surface area contributed by atoms with Crippen LogP contribution in [-0.2, 0) is 32.2 Å². The minimum atomic E-state index is -0.910. The van der Waals surface area contributed by atoms with Gasteiger partial charge in [-0.05, 0) is 52.4 Å². The largest absolute Gasteiger partial charge is 0.618 e. The molecule has 2 heterocycles.